The van der Waals surface area contributed by atoms with Crippen LogP contribution in [0.5, 0.6) is 0 Å². The molecule has 0 bridgehead atoms. The van der Waals surface area contributed by atoms with Crippen LogP contribution in [0.25, 0.3) is 5.52 Å². The summed E-state index contributed by atoms with van der Waals surface area (Å²) in [5, 5.41) is 7.25. The molecule has 1 aliphatic rings. The first-order valence-electron chi connectivity index (χ1n) is 4.90. The van der Waals surface area contributed by atoms with E-state index < -0.39 is 0 Å². The number of nitrogens with one attached hydrogen (secondary N) is 1. The third kappa shape index (κ3) is 1.14. The molecule has 1 N–H and O–H groups in total. The first-order valence-corrected chi connectivity index (χ1v) is 4.90. The lowest BCUT2D eigenvalue weighted by Gasteiger charge is -1.97. The summed E-state index contributed by atoms with van der Waals surface area (Å²) in [4.78, 5) is 4.18. The van der Waals surface area contributed by atoms with Crippen LogP contribution in [0.15, 0.2) is 18.5 Å². The molecular formula is C10H12N4. The Morgan fingerprint density at radius 3 is 3.07 bits per heavy atom. The summed E-state index contributed by atoms with van der Waals surface area (Å²) < 4.78 is 1.90. The molecule has 0 atom stereocenters. The van der Waals surface area contributed by atoms with Gasteiger partial charge >= 0.3 is 0 Å². The van der Waals surface area contributed by atoms with Crippen molar-refractivity contribution in [1.82, 2.24) is 14.6 Å². The van der Waals surface area contributed by atoms with Crippen molar-refractivity contribution in [3.8, 4) is 0 Å². The minimum atomic E-state index is 0.662. The molecular weight excluding hydrogens is 176 g/mol. The van der Waals surface area contributed by atoms with Gasteiger partial charge in [-0.05, 0) is 30.4 Å². The van der Waals surface area contributed by atoms with Crippen LogP contribution in [0.4, 0.5) is 5.95 Å². The number of nitrogens with zero attached hydrogens (tertiary/aromatic N) is 3. The molecule has 4 nitrogen and oxygen atoms in total. The molecule has 4 heteroatoms. The van der Waals surface area contributed by atoms with Crippen molar-refractivity contribution in [2.24, 2.45) is 0 Å². The SMILES string of the molecule is CNc1ncc2cc(C3CC3)cn2n1. The van der Waals surface area contributed by atoms with Gasteiger partial charge in [-0.25, -0.2) is 9.50 Å². The van der Waals surface area contributed by atoms with E-state index in [1.807, 2.05) is 17.8 Å². The summed E-state index contributed by atoms with van der Waals surface area (Å²) in [6.07, 6.45) is 6.60. The van der Waals surface area contributed by atoms with Crippen LogP contribution in [0, 0.1) is 0 Å². The molecule has 0 saturated heterocycles. The average Bonchev–Trinajstić information content (AvgIpc) is 2.97. The Labute approximate surface area is 82.0 Å². The van der Waals surface area contributed by atoms with E-state index in [9.17, 15) is 0 Å². The lowest BCUT2D eigenvalue weighted by molar-refractivity contribution is 0.902. The van der Waals surface area contributed by atoms with Crippen molar-refractivity contribution < 1.29 is 0 Å². The third-order valence-corrected chi connectivity index (χ3v) is 2.64. The Hall–Kier alpha value is -1.58. The zero-order chi connectivity index (χ0) is 9.54. The Balaban J connectivity index is 2.12. The van der Waals surface area contributed by atoms with Crippen LogP contribution in [-0.2, 0) is 0 Å². The molecule has 0 aromatic carbocycles. The van der Waals surface area contributed by atoms with Crippen LogP contribution in [0.1, 0.15) is 24.3 Å². The molecule has 0 spiro atoms. The summed E-state index contributed by atoms with van der Waals surface area (Å²) >= 11 is 0. The third-order valence-electron chi connectivity index (χ3n) is 2.64. The van der Waals surface area contributed by atoms with E-state index in [4.69, 9.17) is 0 Å². The predicted octanol–water partition coefficient (Wildman–Crippen LogP) is 1.65. The van der Waals surface area contributed by atoms with Crippen molar-refractivity contribution in [3.63, 3.8) is 0 Å². The number of hydrogen-bond acceptors (Lipinski definition) is 3. The van der Waals surface area contributed by atoms with E-state index in [0.717, 1.165) is 11.4 Å². The van der Waals surface area contributed by atoms with E-state index >= 15 is 0 Å². The van der Waals surface area contributed by atoms with Gasteiger partial charge in [0.05, 0.1) is 11.7 Å². The first-order chi connectivity index (χ1) is 6.86. The molecule has 1 saturated carbocycles. The Kier molecular flexibility index (Phi) is 1.50. The van der Waals surface area contributed by atoms with Gasteiger partial charge in [0.1, 0.15) is 0 Å². The minimum absolute atomic E-state index is 0.662. The van der Waals surface area contributed by atoms with Crippen molar-refractivity contribution in [2.45, 2.75) is 18.8 Å². The van der Waals surface area contributed by atoms with Gasteiger partial charge < -0.3 is 5.32 Å². The van der Waals surface area contributed by atoms with Gasteiger partial charge in [0.15, 0.2) is 0 Å². The number of rotatable bonds is 2. The highest BCUT2D eigenvalue weighted by molar-refractivity contribution is 5.50. The molecule has 2 heterocycles. The summed E-state index contributed by atoms with van der Waals surface area (Å²) in [7, 11) is 1.83. The molecule has 1 fully saturated rings. The van der Waals surface area contributed by atoms with E-state index in [1.54, 1.807) is 0 Å². The standard InChI is InChI=1S/C10H12N4/c1-11-10-12-5-9-4-8(7-2-3-7)6-14(9)13-10/h4-7H,2-3H2,1H3,(H,11,13). The number of fused-ring (bicyclic) bond motifs is 1. The highest BCUT2D eigenvalue weighted by Gasteiger charge is 2.24. The minimum Gasteiger partial charge on any atom is -0.356 e. The van der Waals surface area contributed by atoms with Crippen LogP contribution >= 0.6 is 0 Å². The lowest BCUT2D eigenvalue weighted by atomic mass is 10.2. The maximum Gasteiger partial charge on any atom is 0.240 e. The fourth-order valence-corrected chi connectivity index (χ4v) is 1.68. The monoisotopic (exact) mass is 188 g/mol. The van der Waals surface area contributed by atoms with Gasteiger partial charge in [0, 0.05) is 13.2 Å². The number of anilines is 1. The van der Waals surface area contributed by atoms with Gasteiger partial charge in [-0.3, -0.25) is 0 Å². The van der Waals surface area contributed by atoms with Crippen molar-refractivity contribution >= 4 is 11.5 Å². The molecule has 14 heavy (non-hydrogen) atoms. The molecule has 3 rings (SSSR count). The number of hydrogen-bond donors (Lipinski definition) is 1. The van der Waals surface area contributed by atoms with E-state index in [0.29, 0.717) is 5.95 Å². The molecule has 2 aromatic rings. The highest BCUT2D eigenvalue weighted by atomic mass is 15.3. The van der Waals surface area contributed by atoms with Crippen LogP contribution in [0.3, 0.4) is 0 Å². The van der Waals surface area contributed by atoms with Crippen LogP contribution in [-0.4, -0.2) is 21.6 Å². The zero-order valence-electron chi connectivity index (χ0n) is 8.07. The molecule has 1 aliphatic carbocycles. The highest BCUT2D eigenvalue weighted by Crippen LogP contribution is 2.40. The summed E-state index contributed by atoms with van der Waals surface area (Å²) in [6.45, 7) is 0. The summed E-state index contributed by atoms with van der Waals surface area (Å²) in [5.74, 6) is 1.44. The maximum atomic E-state index is 4.32. The van der Waals surface area contributed by atoms with Crippen molar-refractivity contribution in [3.05, 3.63) is 24.0 Å². The average molecular weight is 188 g/mol. The van der Waals surface area contributed by atoms with E-state index in [-0.39, 0.29) is 0 Å². The second-order valence-corrected chi connectivity index (χ2v) is 3.75. The topological polar surface area (TPSA) is 42.2 Å². The van der Waals surface area contributed by atoms with E-state index in [2.05, 4.69) is 27.7 Å². The molecule has 0 aliphatic heterocycles. The maximum absolute atomic E-state index is 4.32. The van der Waals surface area contributed by atoms with Gasteiger partial charge in [0.25, 0.3) is 0 Å². The van der Waals surface area contributed by atoms with Gasteiger partial charge in [-0.1, -0.05) is 0 Å². The first kappa shape index (κ1) is 7.79. The lowest BCUT2D eigenvalue weighted by Crippen LogP contribution is -1.99. The normalized spacial score (nSPS) is 16.1. The van der Waals surface area contributed by atoms with Crippen LogP contribution in [0.2, 0.25) is 0 Å². The molecule has 72 valence electrons. The summed E-state index contributed by atoms with van der Waals surface area (Å²) in [6, 6.07) is 2.18. The second-order valence-electron chi connectivity index (χ2n) is 3.75. The Morgan fingerprint density at radius 2 is 2.36 bits per heavy atom. The van der Waals surface area contributed by atoms with Crippen molar-refractivity contribution in [2.75, 3.05) is 12.4 Å². The van der Waals surface area contributed by atoms with Crippen LogP contribution < -0.4 is 5.32 Å². The Morgan fingerprint density at radius 1 is 1.50 bits per heavy atom. The van der Waals surface area contributed by atoms with Gasteiger partial charge in [-0.15, -0.1) is 5.10 Å². The predicted molar refractivity (Wildman–Crippen MR) is 54.5 cm³/mol. The fourth-order valence-electron chi connectivity index (χ4n) is 1.68. The molecule has 0 unspecified atom stereocenters. The molecule has 0 radical (unpaired) electrons. The molecule has 2 aromatic heterocycles. The van der Waals surface area contributed by atoms with Gasteiger partial charge in [-0.2, -0.15) is 0 Å². The fraction of sp³-hybridized carbons (Fsp3) is 0.400. The largest absolute Gasteiger partial charge is 0.356 e. The van der Waals surface area contributed by atoms with E-state index in [1.165, 1.54) is 18.4 Å². The summed E-state index contributed by atoms with van der Waals surface area (Å²) in [5.41, 5.74) is 2.47. The molecule has 0 amide bonds. The smallest absolute Gasteiger partial charge is 0.240 e. The quantitative estimate of drug-likeness (QED) is 0.779. The van der Waals surface area contributed by atoms with Crippen molar-refractivity contribution in [1.29, 1.82) is 0 Å². The second kappa shape index (κ2) is 2.70. The zero-order valence-corrected chi connectivity index (χ0v) is 8.07. The van der Waals surface area contributed by atoms with Gasteiger partial charge in [0.2, 0.25) is 5.95 Å². The Bertz CT molecular complexity index is 470. The number of aromatic nitrogens is 3.